The minimum atomic E-state index is -0.419. The van der Waals surface area contributed by atoms with Gasteiger partial charge in [0.2, 0.25) is 0 Å². The van der Waals surface area contributed by atoms with Gasteiger partial charge in [-0.25, -0.2) is 9.97 Å². The molecule has 106 valence electrons. The molecule has 0 radical (unpaired) electrons. The lowest BCUT2D eigenvalue weighted by Gasteiger charge is -2.14. The number of pyridine rings is 1. The van der Waals surface area contributed by atoms with Gasteiger partial charge in [-0.2, -0.15) is 0 Å². The molecule has 1 atom stereocenters. The number of aliphatic hydroxyl groups is 1. The first-order valence-electron chi connectivity index (χ1n) is 6.96. The smallest absolute Gasteiger partial charge is 0.143 e. The van der Waals surface area contributed by atoms with Crippen LogP contribution in [0, 0.1) is 0 Å². The summed E-state index contributed by atoms with van der Waals surface area (Å²) in [4.78, 5) is 10.6. The number of nitrogens with zero attached hydrogens (tertiary/aromatic N) is 2. The van der Waals surface area contributed by atoms with Crippen molar-refractivity contribution in [2.24, 2.45) is 0 Å². The molecule has 0 spiro atoms. The molecule has 0 bridgehead atoms. The molecule has 4 rings (SSSR count). The normalized spacial score (nSPS) is 17.9. The second-order valence-electron chi connectivity index (χ2n) is 5.25. The molecule has 3 aromatic rings. The van der Waals surface area contributed by atoms with Gasteiger partial charge in [0.25, 0.3) is 0 Å². The standard InChI is InChI=1S/C16H13BrN2OS/c17-10-8-9-4-1-2-5-11(9)18-14(10)16-19-15-12(20)6-3-7-13(15)21-16/h1-2,4-5,8,12,20H,3,6-7H2. The number of hydrogen-bond donors (Lipinski definition) is 1. The predicted octanol–water partition coefficient (Wildman–Crippen LogP) is 4.49. The van der Waals surface area contributed by atoms with Crippen LogP contribution in [0.3, 0.4) is 0 Å². The Morgan fingerprint density at radius 3 is 2.95 bits per heavy atom. The van der Waals surface area contributed by atoms with Gasteiger partial charge in [-0.15, -0.1) is 11.3 Å². The number of aliphatic hydroxyl groups excluding tert-OH is 1. The van der Waals surface area contributed by atoms with Crippen LogP contribution < -0.4 is 0 Å². The lowest BCUT2D eigenvalue weighted by Crippen LogP contribution is -2.07. The van der Waals surface area contributed by atoms with E-state index in [1.165, 1.54) is 4.88 Å². The molecule has 2 aromatic heterocycles. The average molecular weight is 361 g/mol. The van der Waals surface area contributed by atoms with Gasteiger partial charge in [-0.3, -0.25) is 0 Å². The van der Waals surface area contributed by atoms with Crippen molar-refractivity contribution in [1.29, 1.82) is 0 Å². The maximum Gasteiger partial charge on any atom is 0.143 e. The van der Waals surface area contributed by atoms with E-state index in [0.29, 0.717) is 0 Å². The fourth-order valence-electron chi connectivity index (χ4n) is 2.74. The van der Waals surface area contributed by atoms with Gasteiger partial charge in [-0.1, -0.05) is 18.2 Å². The summed E-state index contributed by atoms with van der Waals surface area (Å²) in [5, 5.41) is 12.1. The Morgan fingerprint density at radius 1 is 1.24 bits per heavy atom. The number of aromatic nitrogens is 2. The quantitative estimate of drug-likeness (QED) is 0.695. The molecule has 0 amide bonds. The highest BCUT2D eigenvalue weighted by atomic mass is 79.9. The monoisotopic (exact) mass is 360 g/mol. The first kappa shape index (κ1) is 13.4. The predicted molar refractivity (Wildman–Crippen MR) is 88.4 cm³/mol. The highest BCUT2D eigenvalue weighted by Gasteiger charge is 2.24. The zero-order chi connectivity index (χ0) is 14.4. The summed E-state index contributed by atoms with van der Waals surface area (Å²) < 4.78 is 0.946. The Kier molecular flexibility index (Phi) is 3.28. The highest BCUT2D eigenvalue weighted by molar-refractivity contribution is 9.10. The van der Waals surface area contributed by atoms with Crippen LogP contribution in [0.5, 0.6) is 0 Å². The number of para-hydroxylation sites is 1. The Balaban J connectivity index is 1.88. The van der Waals surface area contributed by atoms with E-state index >= 15 is 0 Å². The van der Waals surface area contributed by atoms with Crippen LogP contribution in [0.1, 0.15) is 29.5 Å². The molecular formula is C16H13BrN2OS. The van der Waals surface area contributed by atoms with E-state index in [2.05, 4.69) is 27.0 Å². The van der Waals surface area contributed by atoms with Crippen molar-refractivity contribution in [3.05, 3.63) is 45.4 Å². The van der Waals surface area contributed by atoms with Gasteiger partial charge in [0, 0.05) is 14.7 Å². The molecule has 1 aromatic carbocycles. The van der Waals surface area contributed by atoms with E-state index in [-0.39, 0.29) is 0 Å². The van der Waals surface area contributed by atoms with Crippen molar-refractivity contribution < 1.29 is 5.11 Å². The fraction of sp³-hybridized carbons (Fsp3) is 0.250. The van der Waals surface area contributed by atoms with E-state index in [4.69, 9.17) is 4.98 Å². The molecule has 1 unspecified atom stereocenters. The Hall–Kier alpha value is -1.30. The number of halogens is 1. The third-order valence-corrected chi connectivity index (χ3v) is 5.55. The first-order valence-corrected chi connectivity index (χ1v) is 8.56. The molecule has 0 saturated heterocycles. The largest absolute Gasteiger partial charge is 0.387 e. The van der Waals surface area contributed by atoms with E-state index in [1.54, 1.807) is 11.3 Å². The molecule has 1 aliphatic rings. The molecule has 21 heavy (non-hydrogen) atoms. The number of rotatable bonds is 1. The van der Waals surface area contributed by atoms with Gasteiger partial charge in [-0.05, 0) is 47.3 Å². The van der Waals surface area contributed by atoms with Gasteiger partial charge >= 0.3 is 0 Å². The number of fused-ring (bicyclic) bond motifs is 2. The Labute approximate surface area is 134 Å². The highest BCUT2D eigenvalue weighted by Crippen LogP contribution is 2.39. The second kappa shape index (κ2) is 5.16. The Bertz CT molecular complexity index is 830. The molecular weight excluding hydrogens is 348 g/mol. The average Bonchev–Trinajstić information content (AvgIpc) is 2.92. The van der Waals surface area contributed by atoms with Crippen LogP contribution in [0.4, 0.5) is 0 Å². The molecule has 1 aliphatic carbocycles. The topological polar surface area (TPSA) is 46.0 Å². The van der Waals surface area contributed by atoms with Crippen molar-refractivity contribution in [2.45, 2.75) is 25.4 Å². The minimum Gasteiger partial charge on any atom is -0.387 e. The number of thiazole rings is 1. The van der Waals surface area contributed by atoms with Crippen molar-refractivity contribution in [1.82, 2.24) is 9.97 Å². The van der Waals surface area contributed by atoms with Gasteiger partial charge in [0.15, 0.2) is 0 Å². The Morgan fingerprint density at radius 2 is 2.10 bits per heavy atom. The summed E-state index contributed by atoms with van der Waals surface area (Å²) in [7, 11) is 0. The van der Waals surface area contributed by atoms with Crippen LogP contribution in [0.2, 0.25) is 0 Å². The molecule has 3 nitrogen and oxygen atoms in total. The summed E-state index contributed by atoms with van der Waals surface area (Å²) in [5.41, 5.74) is 2.67. The van der Waals surface area contributed by atoms with Crippen LogP contribution in [-0.4, -0.2) is 15.1 Å². The lowest BCUT2D eigenvalue weighted by molar-refractivity contribution is 0.153. The number of aryl methyl sites for hydroxylation is 1. The summed E-state index contributed by atoms with van der Waals surface area (Å²) in [6.45, 7) is 0. The third kappa shape index (κ3) is 2.29. The number of hydrogen-bond acceptors (Lipinski definition) is 4. The summed E-state index contributed by atoms with van der Waals surface area (Å²) in [6.07, 6.45) is 2.43. The second-order valence-corrected chi connectivity index (χ2v) is 7.18. The lowest BCUT2D eigenvalue weighted by atomic mass is 10.0. The maximum atomic E-state index is 10.1. The number of benzene rings is 1. The van der Waals surface area contributed by atoms with E-state index < -0.39 is 6.10 Å². The van der Waals surface area contributed by atoms with Crippen LogP contribution in [-0.2, 0) is 6.42 Å². The molecule has 0 fully saturated rings. The molecule has 0 saturated carbocycles. The maximum absolute atomic E-state index is 10.1. The van der Waals surface area contributed by atoms with Crippen molar-refractivity contribution in [2.75, 3.05) is 0 Å². The zero-order valence-electron chi connectivity index (χ0n) is 11.2. The summed E-state index contributed by atoms with van der Waals surface area (Å²) in [6, 6.07) is 10.1. The van der Waals surface area contributed by atoms with Crippen LogP contribution >= 0.6 is 27.3 Å². The zero-order valence-corrected chi connectivity index (χ0v) is 13.6. The van der Waals surface area contributed by atoms with Crippen molar-refractivity contribution >= 4 is 38.2 Å². The minimum absolute atomic E-state index is 0.419. The SMILES string of the molecule is OC1CCCc2sc(-c3nc4ccccc4cc3Br)nc21. The van der Waals surface area contributed by atoms with Gasteiger partial charge in [0.05, 0.1) is 17.3 Å². The first-order chi connectivity index (χ1) is 10.2. The fourth-order valence-corrected chi connectivity index (χ4v) is 4.55. The van der Waals surface area contributed by atoms with Crippen LogP contribution in [0.25, 0.3) is 21.6 Å². The summed E-state index contributed by atoms with van der Waals surface area (Å²) >= 11 is 5.26. The van der Waals surface area contributed by atoms with Crippen molar-refractivity contribution in [3.8, 4) is 10.7 Å². The van der Waals surface area contributed by atoms with E-state index in [1.807, 2.05) is 24.3 Å². The third-order valence-electron chi connectivity index (χ3n) is 3.80. The van der Waals surface area contributed by atoms with E-state index in [0.717, 1.165) is 51.0 Å². The molecule has 1 N–H and O–H groups in total. The van der Waals surface area contributed by atoms with Crippen molar-refractivity contribution in [3.63, 3.8) is 0 Å². The molecule has 5 heteroatoms. The molecule has 0 aliphatic heterocycles. The van der Waals surface area contributed by atoms with Gasteiger partial charge in [0.1, 0.15) is 10.7 Å². The summed E-state index contributed by atoms with van der Waals surface area (Å²) in [5.74, 6) is 0. The van der Waals surface area contributed by atoms with Gasteiger partial charge < -0.3 is 5.11 Å². The molecule has 2 heterocycles. The van der Waals surface area contributed by atoms with Crippen LogP contribution in [0.15, 0.2) is 34.8 Å². The van der Waals surface area contributed by atoms with E-state index in [9.17, 15) is 5.11 Å².